The van der Waals surface area contributed by atoms with Crippen LogP contribution >= 0.6 is 0 Å². The van der Waals surface area contributed by atoms with Gasteiger partial charge in [0, 0.05) is 24.5 Å². The van der Waals surface area contributed by atoms with E-state index in [1.807, 2.05) is 36.4 Å². The largest absolute Gasteiger partial charge is 0.429 e. The lowest BCUT2D eigenvalue weighted by Gasteiger charge is -2.08. The van der Waals surface area contributed by atoms with E-state index in [-0.39, 0.29) is 0 Å². The molecule has 0 fully saturated rings. The molecule has 0 radical (unpaired) electrons. The van der Waals surface area contributed by atoms with Crippen LogP contribution in [0.3, 0.4) is 0 Å². The van der Waals surface area contributed by atoms with Crippen molar-refractivity contribution in [1.29, 1.82) is 0 Å². The van der Waals surface area contributed by atoms with Gasteiger partial charge in [-0.1, -0.05) is 38.2 Å². The van der Waals surface area contributed by atoms with Crippen LogP contribution in [0.2, 0.25) is 0 Å². The predicted octanol–water partition coefficient (Wildman–Crippen LogP) is 5.59. The number of pyridine rings is 3. The Hall–Kier alpha value is -3.60. The van der Waals surface area contributed by atoms with Gasteiger partial charge in [0.2, 0.25) is 0 Å². The Kier molecular flexibility index (Phi) is 7.00. The molecule has 0 spiro atoms. The molecular formula is C24H23N3O2. The summed E-state index contributed by atoms with van der Waals surface area (Å²) in [5.41, 5.74) is 4.69. The number of aromatic nitrogens is 3. The van der Waals surface area contributed by atoms with Gasteiger partial charge in [0.1, 0.15) is 5.75 Å². The minimum Gasteiger partial charge on any atom is -0.429 e. The molecular weight excluding hydrogens is 362 g/mol. The molecule has 3 aromatic rings. The maximum absolute atomic E-state index is 10.9. The van der Waals surface area contributed by atoms with Crippen LogP contribution in [-0.4, -0.2) is 21.4 Å². The van der Waals surface area contributed by atoms with Crippen molar-refractivity contribution in [3.63, 3.8) is 0 Å². The fourth-order valence-corrected chi connectivity index (χ4v) is 2.78. The molecule has 3 aromatic heterocycles. The number of carbonyl (C=O) groups is 1. The fraction of sp³-hybridized carbons (Fsp3) is 0.167. The van der Waals surface area contributed by atoms with Gasteiger partial charge >= 0.3 is 0 Å². The van der Waals surface area contributed by atoms with E-state index in [9.17, 15) is 4.79 Å². The smallest absolute Gasteiger partial charge is 0.298 e. The number of nitrogens with zero attached hydrogens (tertiary/aromatic N) is 3. The van der Waals surface area contributed by atoms with Crippen molar-refractivity contribution in [2.24, 2.45) is 0 Å². The van der Waals surface area contributed by atoms with Crippen molar-refractivity contribution in [1.82, 2.24) is 15.0 Å². The van der Waals surface area contributed by atoms with Crippen molar-refractivity contribution in [3.8, 4) is 28.5 Å². The van der Waals surface area contributed by atoms with Crippen LogP contribution in [0.4, 0.5) is 0 Å². The van der Waals surface area contributed by atoms with E-state index in [1.54, 1.807) is 24.5 Å². The second kappa shape index (κ2) is 10.1. The average Bonchev–Trinajstić information content (AvgIpc) is 2.76. The number of rotatable bonds is 8. The summed E-state index contributed by atoms with van der Waals surface area (Å²) in [4.78, 5) is 24.5. The summed E-state index contributed by atoms with van der Waals surface area (Å²) >= 11 is 0. The van der Waals surface area contributed by atoms with Crippen molar-refractivity contribution >= 4 is 18.6 Å². The highest BCUT2D eigenvalue weighted by molar-refractivity contribution is 5.69. The van der Waals surface area contributed by atoms with Gasteiger partial charge in [-0.2, -0.15) is 0 Å². The molecule has 0 unspecified atom stereocenters. The van der Waals surface area contributed by atoms with E-state index in [0.29, 0.717) is 35.0 Å². The number of hydrogen-bond acceptors (Lipinski definition) is 5. The fourth-order valence-electron chi connectivity index (χ4n) is 2.78. The molecule has 0 saturated heterocycles. The summed E-state index contributed by atoms with van der Waals surface area (Å²) < 4.78 is 5.12. The zero-order valence-corrected chi connectivity index (χ0v) is 16.6. The molecule has 0 aliphatic rings. The van der Waals surface area contributed by atoms with Gasteiger partial charge in [-0.15, -0.1) is 0 Å². The lowest BCUT2D eigenvalue weighted by Crippen LogP contribution is -1.96. The van der Waals surface area contributed by atoms with Gasteiger partial charge in [-0.05, 0) is 48.2 Å². The topological polar surface area (TPSA) is 65.0 Å². The molecule has 146 valence electrons. The number of ether oxygens (including phenoxy) is 1. The first-order valence-corrected chi connectivity index (χ1v) is 9.61. The molecule has 0 amide bonds. The zero-order chi connectivity index (χ0) is 20.5. The summed E-state index contributed by atoms with van der Waals surface area (Å²) in [7, 11) is 0. The summed E-state index contributed by atoms with van der Waals surface area (Å²) in [6, 6.07) is 11.2. The SMILES string of the molecule is CCC=Cc1ccnc(-c2cc(OC=O)cc(-c3cc(C=CCC)ccn3)n2)c1. The summed E-state index contributed by atoms with van der Waals surface area (Å²) in [6.07, 6.45) is 13.7. The van der Waals surface area contributed by atoms with Gasteiger partial charge in [0.25, 0.3) is 6.47 Å². The molecule has 0 saturated carbocycles. The maximum atomic E-state index is 10.9. The number of allylic oxidation sites excluding steroid dienone is 2. The average molecular weight is 385 g/mol. The third-order valence-electron chi connectivity index (χ3n) is 4.17. The third kappa shape index (κ3) is 5.45. The number of hydrogen-bond donors (Lipinski definition) is 0. The lowest BCUT2D eigenvalue weighted by molar-refractivity contribution is -0.120. The van der Waals surface area contributed by atoms with Crippen molar-refractivity contribution < 1.29 is 9.53 Å². The van der Waals surface area contributed by atoms with Gasteiger partial charge < -0.3 is 4.74 Å². The molecule has 5 heteroatoms. The van der Waals surface area contributed by atoms with Crippen LogP contribution in [0.5, 0.6) is 5.75 Å². The monoisotopic (exact) mass is 385 g/mol. The molecule has 0 N–H and O–H groups in total. The standard InChI is InChI=1S/C24H23N3O2/c1-3-5-7-18-9-11-25-21(13-18)23-15-20(29-17-28)16-24(27-23)22-14-19(8-6-4-2)10-12-26-22/h5-17H,3-4H2,1-2H3. The summed E-state index contributed by atoms with van der Waals surface area (Å²) in [5, 5.41) is 0. The Morgan fingerprint density at radius 3 is 1.76 bits per heavy atom. The molecule has 0 aliphatic carbocycles. The van der Waals surface area contributed by atoms with E-state index in [1.165, 1.54) is 0 Å². The maximum Gasteiger partial charge on any atom is 0.298 e. The Labute approximate surface area is 170 Å². The van der Waals surface area contributed by atoms with Crippen molar-refractivity contribution in [2.75, 3.05) is 0 Å². The van der Waals surface area contributed by atoms with Crippen LogP contribution in [0.1, 0.15) is 37.8 Å². The van der Waals surface area contributed by atoms with Crippen LogP contribution < -0.4 is 4.74 Å². The Balaban J connectivity index is 2.06. The van der Waals surface area contributed by atoms with E-state index in [2.05, 4.69) is 36.0 Å². The zero-order valence-electron chi connectivity index (χ0n) is 16.6. The van der Waals surface area contributed by atoms with Gasteiger partial charge in [-0.25, -0.2) is 4.98 Å². The van der Waals surface area contributed by atoms with Gasteiger partial charge in [-0.3, -0.25) is 14.8 Å². The molecule has 5 nitrogen and oxygen atoms in total. The minimum atomic E-state index is 0.396. The quantitative estimate of drug-likeness (QED) is 0.473. The van der Waals surface area contributed by atoms with Crippen molar-refractivity contribution in [3.05, 3.63) is 72.1 Å². The predicted molar refractivity (Wildman–Crippen MR) is 116 cm³/mol. The third-order valence-corrected chi connectivity index (χ3v) is 4.17. The van der Waals surface area contributed by atoms with Gasteiger partial charge in [0.15, 0.2) is 0 Å². The van der Waals surface area contributed by atoms with E-state index >= 15 is 0 Å². The highest BCUT2D eigenvalue weighted by Gasteiger charge is 2.11. The highest BCUT2D eigenvalue weighted by Crippen LogP contribution is 2.27. The first-order chi connectivity index (χ1) is 14.2. The van der Waals surface area contributed by atoms with E-state index in [4.69, 9.17) is 9.72 Å². The van der Waals surface area contributed by atoms with Crippen molar-refractivity contribution in [2.45, 2.75) is 26.7 Å². The first-order valence-electron chi connectivity index (χ1n) is 9.61. The van der Waals surface area contributed by atoms with Crippen LogP contribution in [0.25, 0.3) is 34.9 Å². The number of carbonyl (C=O) groups excluding carboxylic acids is 1. The normalized spacial score (nSPS) is 11.2. The molecule has 29 heavy (non-hydrogen) atoms. The molecule has 3 rings (SSSR count). The Bertz CT molecular complexity index is 966. The summed E-state index contributed by atoms with van der Waals surface area (Å²) in [6.45, 7) is 4.58. The molecule has 0 atom stereocenters. The van der Waals surface area contributed by atoms with Gasteiger partial charge in [0.05, 0.1) is 22.8 Å². The van der Waals surface area contributed by atoms with Crippen LogP contribution in [-0.2, 0) is 4.79 Å². The van der Waals surface area contributed by atoms with E-state index in [0.717, 1.165) is 24.0 Å². The Morgan fingerprint density at radius 2 is 1.31 bits per heavy atom. The minimum absolute atomic E-state index is 0.396. The summed E-state index contributed by atoms with van der Waals surface area (Å²) in [5.74, 6) is 0.396. The molecule has 0 aliphatic heterocycles. The first kappa shape index (κ1) is 20.1. The van der Waals surface area contributed by atoms with Crippen LogP contribution in [0.15, 0.2) is 60.9 Å². The second-order valence-electron chi connectivity index (χ2n) is 6.36. The molecule has 0 aromatic carbocycles. The Morgan fingerprint density at radius 1 is 0.793 bits per heavy atom. The molecule has 3 heterocycles. The lowest BCUT2D eigenvalue weighted by atomic mass is 10.1. The second-order valence-corrected chi connectivity index (χ2v) is 6.36. The van der Waals surface area contributed by atoms with E-state index < -0.39 is 0 Å². The van der Waals surface area contributed by atoms with Crippen LogP contribution in [0, 0.1) is 0 Å². The molecule has 0 bridgehead atoms. The highest BCUT2D eigenvalue weighted by atomic mass is 16.5.